The minimum absolute atomic E-state index is 0.420. The van der Waals surface area contributed by atoms with E-state index in [4.69, 9.17) is 22.7 Å². The van der Waals surface area contributed by atoms with Crippen molar-refractivity contribution >= 4 is 33.1 Å². The van der Waals surface area contributed by atoms with Crippen LogP contribution in [0.5, 0.6) is 5.75 Å². The predicted molar refractivity (Wildman–Crippen MR) is 85.5 cm³/mol. The molecule has 0 fully saturated rings. The molecular weight excluding hydrogens is 322 g/mol. The molecule has 0 aliphatic heterocycles. The molecule has 0 heterocycles. The van der Waals surface area contributed by atoms with E-state index in [1.54, 1.807) is 0 Å². The maximum atomic E-state index is 5.74. The number of aryl methyl sites for hydroxylation is 1. The lowest BCUT2D eigenvalue weighted by Crippen LogP contribution is -2.10. The van der Waals surface area contributed by atoms with Crippen LogP contribution in [0.4, 0.5) is 0 Å². The van der Waals surface area contributed by atoms with Gasteiger partial charge in [0, 0.05) is 10.0 Å². The monoisotopic (exact) mass is 335 g/mol. The molecule has 0 aromatic heterocycles. The molecule has 98 valence electrons. The Morgan fingerprint density at radius 2 is 1.89 bits per heavy atom. The van der Waals surface area contributed by atoms with Gasteiger partial charge in [-0.3, -0.25) is 0 Å². The molecule has 0 aliphatic carbocycles. The Bertz CT molecular complexity index is 596. The number of hydrogen-bond donors (Lipinski definition) is 1. The summed E-state index contributed by atoms with van der Waals surface area (Å²) in [7, 11) is 0. The SMILES string of the molecule is Cc1cc(C(N)=S)ccc1COc1ccc(Br)cc1. The quantitative estimate of drug-likeness (QED) is 0.858. The maximum Gasteiger partial charge on any atom is 0.119 e. The molecule has 0 spiro atoms. The molecule has 0 saturated carbocycles. The second-order valence-electron chi connectivity index (χ2n) is 4.25. The van der Waals surface area contributed by atoms with E-state index < -0.39 is 0 Å². The van der Waals surface area contributed by atoms with Gasteiger partial charge in [0.1, 0.15) is 17.3 Å². The lowest BCUT2D eigenvalue weighted by molar-refractivity contribution is 0.305. The van der Waals surface area contributed by atoms with Gasteiger partial charge in [-0.25, -0.2) is 0 Å². The van der Waals surface area contributed by atoms with Crippen molar-refractivity contribution in [3.63, 3.8) is 0 Å². The minimum Gasteiger partial charge on any atom is -0.489 e. The molecule has 19 heavy (non-hydrogen) atoms. The molecular formula is C15H14BrNOS. The summed E-state index contributed by atoms with van der Waals surface area (Å²) >= 11 is 8.36. The number of ether oxygens (including phenoxy) is 1. The molecule has 0 aliphatic rings. The third kappa shape index (κ3) is 3.78. The predicted octanol–water partition coefficient (Wildman–Crippen LogP) is 3.97. The van der Waals surface area contributed by atoms with Crippen LogP contribution < -0.4 is 10.5 Å². The van der Waals surface area contributed by atoms with Gasteiger partial charge in [-0.1, -0.05) is 40.3 Å². The van der Waals surface area contributed by atoms with Gasteiger partial charge in [-0.15, -0.1) is 0 Å². The summed E-state index contributed by atoms with van der Waals surface area (Å²) in [5, 5.41) is 0. The Kier molecular flexibility index (Phi) is 4.56. The van der Waals surface area contributed by atoms with Crippen LogP contribution >= 0.6 is 28.1 Å². The summed E-state index contributed by atoms with van der Waals surface area (Å²) < 4.78 is 6.78. The Hall–Kier alpha value is -1.39. The van der Waals surface area contributed by atoms with Gasteiger partial charge in [0.25, 0.3) is 0 Å². The molecule has 0 radical (unpaired) electrons. The summed E-state index contributed by atoms with van der Waals surface area (Å²) in [6.45, 7) is 2.56. The Morgan fingerprint density at radius 1 is 1.21 bits per heavy atom. The lowest BCUT2D eigenvalue weighted by Gasteiger charge is -2.10. The average Bonchev–Trinajstić information content (AvgIpc) is 2.39. The van der Waals surface area contributed by atoms with Gasteiger partial charge < -0.3 is 10.5 Å². The first kappa shape index (κ1) is 14.0. The van der Waals surface area contributed by atoms with Crippen molar-refractivity contribution in [2.75, 3.05) is 0 Å². The van der Waals surface area contributed by atoms with Crippen molar-refractivity contribution in [1.29, 1.82) is 0 Å². The van der Waals surface area contributed by atoms with Crippen LogP contribution in [-0.2, 0) is 6.61 Å². The van der Waals surface area contributed by atoms with Gasteiger partial charge in [0.05, 0.1) is 0 Å². The van der Waals surface area contributed by atoms with Crippen LogP contribution in [-0.4, -0.2) is 4.99 Å². The summed E-state index contributed by atoms with van der Waals surface area (Å²) in [6, 6.07) is 13.7. The molecule has 0 amide bonds. The van der Waals surface area contributed by atoms with E-state index in [0.717, 1.165) is 26.9 Å². The van der Waals surface area contributed by atoms with E-state index in [9.17, 15) is 0 Å². The van der Waals surface area contributed by atoms with Crippen molar-refractivity contribution in [2.24, 2.45) is 5.73 Å². The normalized spacial score (nSPS) is 10.2. The molecule has 0 atom stereocenters. The van der Waals surface area contributed by atoms with Crippen LogP contribution in [0.1, 0.15) is 16.7 Å². The highest BCUT2D eigenvalue weighted by atomic mass is 79.9. The summed E-state index contributed by atoms with van der Waals surface area (Å²) in [5.41, 5.74) is 8.75. The smallest absolute Gasteiger partial charge is 0.119 e. The van der Waals surface area contributed by atoms with E-state index in [2.05, 4.69) is 15.9 Å². The van der Waals surface area contributed by atoms with Gasteiger partial charge in [0.15, 0.2) is 0 Å². The third-order valence-corrected chi connectivity index (χ3v) is 3.60. The Balaban J connectivity index is 2.07. The van der Waals surface area contributed by atoms with Crippen molar-refractivity contribution in [1.82, 2.24) is 0 Å². The minimum atomic E-state index is 0.420. The second kappa shape index (κ2) is 6.17. The van der Waals surface area contributed by atoms with Crippen molar-refractivity contribution in [3.8, 4) is 5.75 Å². The number of thiocarbonyl (C=S) groups is 1. The van der Waals surface area contributed by atoms with Crippen molar-refractivity contribution in [2.45, 2.75) is 13.5 Å². The number of halogens is 1. The lowest BCUT2D eigenvalue weighted by atomic mass is 10.1. The number of nitrogens with two attached hydrogens (primary N) is 1. The fourth-order valence-corrected chi connectivity index (χ4v) is 2.09. The number of rotatable bonds is 4. The highest BCUT2D eigenvalue weighted by molar-refractivity contribution is 9.10. The van der Waals surface area contributed by atoms with Crippen LogP contribution in [0.3, 0.4) is 0 Å². The van der Waals surface area contributed by atoms with E-state index >= 15 is 0 Å². The fraction of sp³-hybridized carbons (Fsp3) is 0.133. The van der Waals surface area contributed by atoms with Crippen molar-refractivity contribution in [3.05, 3.63) is 63.6 Å². The molecule has 2 aromatic carbocycles. The summed E-state index contributed by atoms with van der Waals surface area (Å²) in [5.74, 6) is 0.848. The van der Waals surface area contributed by atoms with Crippen LogP contribution in [0.2, 0.25) is 0 Å². The summed E-state index contributed by atoms with van der Waals surface area (Å²) in [4.78, 5) is 0.420. The molecule has 2 aromatic rings. The van der Waals surface area contributed by atoms with Gasteiger partial charge >= 0.3 is 0 Å². The molecule has 2 rings (SSSR count). The average molecular weight is 336 g/mol. The van der Waals surface area contributed by atoms with Crippen LogP contribution in [0.15, 0.2) is 46.9 Å². The van der Waals surface area contributed by atoms with Crippen LogP contribution in [0.25, 0.3) is 0 Å². The van der Waals surface area contributed by atoms with Gasteiger partial charge in [-0.2, -0.15) is 0 Å². The van der Waals surface area contributed by atoms with E-state index in [0.29, 0.717) is 11.6 Å². The highest BCUT2D eigenvalue weighted by Gasteiger charge is 2.03. The Labute approximate surface area is 126 Å². The highest BCUT2D eigenvalue weighted by Crippen LogP contribution is 2.19. The van der Waals surface area contributed by atoms with E-state index in [-0.39, 0.29) is 0 Å². The maximum absolute atomic E-state index is 5.74. The standard InChI is InChI=1S/C15H14BrNOS/c1-10-8-11(15(17)19)2-3-12(10)9-18-14-6-4-13(16)5-7-14/h2-8H,9H2,1H3,(H2,17,19). The molecule has 2 nitrogen and oxygen atoms in total. The van der Waals surface area contributed by atoms with Gasteiger partial charge in [0.2, 0.25) is 0 Å². The van der Waals surface area contributed by atoms with Crippen molar-refractivity contribution < 1.29 is 4.74 Å². The summed E-state index contributed by atoms with van der Waals surface area (Å²) in [6.07, 6.45) is 0. The topological polar surface area (TPSA) is 35.2 Å². The van der Waals surface area contributed by atoms with E-state index in [1.165, 1.54) is 0 Å². The molecule has 0 bridgehead atoms. The zero-order valence-electron chi connectivity index (χ0n) is 10.5. The van der Waals surface area contributed by atoms with Crippen LogP contribution in [0, 0.1) is 6.92 Å². The molecule has 4 heteroatoms. The fourth-order valence-electron chi connectivity index (χ4n) is 1.70. The molecule has 0 saturated heterocycles. The first-order chi connectivity index (χ1) is 9.06. The first-order valence-corrected chi connectivity index (χ1v) is 7.04. The first-order valence-electron chi connectivity index (χ1n) is 5.84. The number of hydrogen-bond acceptors (Lipinski definition) is 2. The third-order valence-electron chi connectivity index (χ3n) is 2.84. The Morgan fingerprint density at radius 3 is 2.47 bits per heavy atom. The van der Waals surface area contributed by atoms with Gasteiger partial charge in [-0.05, 0) is 48.4 Å². The molecule has 0 unspecified atom stereocenters. The largest absolute Gasteiger partial charge is 0.489 e. The zero-order chi connectivity index (χ0) is 13.8. The number of benzene rings is 2. The molecule has 2 N–H and O–H groups in total. The second-order valence-corrected chi connectivity index (χ2v) is 5.60. The zero-order valence-corrected chi connectivity index (χ0v) is 12.9. The van der Waals surface area contributed by atoms with E-state index in [1.807, 2.05) is 49.4 Å².